The summed E-state index contributed by atoms with van der Waals surface area (Å²) in [5.74, 6) is 0.0272. The number of hydrogen-bond donors (Lipinski definition) is 2. The summed E-state index contributed by atoms with van der Waals surface area (Å²) in [6.07, 6.45) is 1.18. The van der Waals surface area contributed by atoms with Crippen molar-refractivity contribution in [3.8, 4) is 11.3 Å². The lowest BCUT2D eigenvalue weighted by Gasteiger charge is -2.10. The number of hydrogen-bond acceptors (Lipinski definition) is 4. The van der Waals surface area contributed by atoms with Crippen LogP contribution in [0.3, 0.4) is 0 Å². The smallest absolute Gasteiger partial charge is 0.220 e. The lowest BCUT2D eigenvalue weighted by molar-refractivity contribution is -0.121. The van der Waals surface area contributed by atoms with Crippen LogP contribution in [-0.4, -0.2) is 17.4 Å². The van der Waals surface area contributed by atoms with E-state index in [1.807, 2.05) is 42.6 Å². The Kier molecular flexibility index (Phi) is 7.36. The fourth-order valence-electron chi connectivity index (χ4n) is 1.87. The molecule has 0 spiro atoms. The number of carbonyl (C=O) groups is 1. The van der Waals surface area contributed by atoms with Gasteiger partial charge in [-0.25, -0.2) is 4.98 Å². The zero-order valence-electron chi connectivity index (χ0n) is 11.9. The number of nitrogens with zero attached hydrogens (tertiary/aromatic N) is 1. The minimum Gasteiger partial charge on any atom is -0.347 e. The third-order valence-corrected chi connectivity index (χ3v) is 3.97. The number of amides is 1. The standard InChI is InChI=1S/C15H19N3OS.ClH/c1-11(17-14(19)8-5-9-16)15-18-13(10-20-15)12-6-3-2-4-7-12;/h2-4,6-7,10-11H,5,8-9,16H2,1H3,(H,17,19);1H. The number of aromatic nitrogens is 1. The monoisotopic (exact) mass is 325 g/mol. The minimum atomic E-state index is -0.0669. The molecule has 1 heterocycles. The lowest BCUT2D eigenvalue weighted by Crippen LogP contribution is -2.26. The highest BCUT2D eigenvalue weighted by atomic mass is 35.5. The Hall–Kier alpha value is -1.43. The predicted molar refractivity (Wildman–Crippen MR) is 89.6 cm³/mol. The molecule has 0 fully saturated rings. The van der Waals surface area contributed by atoms with Crippen LogP contribution < -0.4 is 11.1 Å². The van der Waals surface area contributed by atoms with Gasteiger partial charge >= 0.3 is 0 Å². The van der Waals surface area contributed by atoms with E-state index in [0.717, 1.165) is 16.3 Å². The fraction of sp³-hybridized carbons (Fsp3) is 0.333. The van der Waals surface area contributed by atoms with Gasteiger partial charge in [-0.15, -0.1) is 23.7 Å². The van der Waals surface area contributed by atoms with Crippen molar-refractivity contribution in [2.45, 2.75) is 25.8 Å². The van der Waals surface area contributed by atoms with Gasteiger partial charge in [0.05, 0.1) is 11.7 Å². The highest BCUT2D eigenvalue weighted by Crippen LogP contribution is 2.25. The molecule has 0 saturated carbocycles. The largest absolute Gasteiger partial charge is 0.347 e. The van der Waals surface area contributed by atoms with Crippen molar-refractivity contribution in [2.75, 3.05) is 6.54 Å². The Morgan fingerprint density at radius 1 is 1.38 bits per heavy atom. The van der Waals surface area contributed by atoms with Crippen molar-refractivity contribution in [3.63, 3.8) is 0 Å². The van der Waals surface area contributed by atoms with Crippen LogP contribution in [0, 0.1) is 0 Å². The van der Waals surface area contributed by atoms with Gasteiger partial charge in [-0.1, -0.05) is 30.3 Å². The van der Waals surface area contributed by atoms with Crippen molar-refractivity contribution in [3.05, 3.63) is 40.7 Å². The molecule has 1 unspecified atom stereocenters. The summed E-state index contributed by atoms with van der Waals surface area (Å²) in [6.45, 7) is 2.49. The fourth-order valence-corrected chi connectivity index (χ4v) is 2.70. The summed E-state index contributed by atoms with van der Waals surface area (Å²) in [4.78, 5) is 16.3. The Morgan fingerprint density at radius 3 is 2.76 bits per heavy atom. The first-order chi connectivity index (χ1) is 9.70. The molecule has 21 heavy (non-hydrogen) atoms. The van der Waals surface area contributed by atoms with Gasteiger partial charge in [0.1, 0.15) is 5.01 Å². The molecule has 1 aromatic heterocycles. The zero-order valence-corrected chi connectivity index (χ0v) is 13.5. The molecule has 0 aliphatic heterocycles. The van der Waals surface area contributed by atoms with E-state index in [4.69, 9.17) is 5.73 Å². The molecule has 3 N–H and O–H groups in total. The highest BCUT2D eigenvalue weighted by molar-refractivity contribution is 7.10. The van der Waals surface area contributed by atoms with Crippen LogP contribution in [0.1, 0.15) is 30.8 Å². The predicted octanol–water partition coefficient (Wildman–Crippen LogP) is 3.15. The van der Waals surface area contributed by atoms with Gasteiger partial charge in [0, 0.05) is 17.4 Å². The van der Waals surface area contributed by atoms with Gasteiger partial charge in [-0.2, -0.15) is 0 Å². The van der Waals surface area contributed by atoms with E-state index in [1.165, 1.54) is 0 Å². The van der Waals surface area contributed by atoms with Crippen molar-refractivity contribution in [1.29, 1.82) is 0 Å². The van der Waals surface area contributed by atoms with Crippen LogP contribution in [0.2, 0.25) is 0 Å². The molecule has 6 heteroatoms. The lowest BCUT2D eigenvalue weighted by atomic mass is 10.2. The SMILES string of the molecule is CC(NC(=O)CCCN)c1nc(-c2ccccc2)cs1.Cl. The number of benzene rings is 1. The molecule has 2 rings (SSSR count). The quantitative estimate of drug-likeness (QED) is 0.857. The van der Waals surface area contributed by atoms with Gasteiger partial charge in [0.15, 0.2) is 0 Å². The van der Waals surface area contributed by atoms with Gasteiger partial charge in [-0.3, -0.25) is 4.79 Å². The van der Waals surface area contributed by atoms with E-state index < -0.39 is 0 Å². The van der Waals surface area contributed by atoms with Crippen molar-refractivity contribution in [2.24, 2.45) is 5.73 Å². The highest BCUT2D eigenvalue weighted by Gasteiger charge is 2.13. The molecule has 1 aromatic carbocycles. The Labute approximate surface area is 135 Å². The molecular formula is C15H20ClN3OS. The zero-order chi connectivity index (χ0) is 14.4. The van der Waals surface area contributed by atoms with E-state index in [2.05, 4.69) is 10.3 Å². The maximum absolute atomic E-state index is 11.7. The number of nitrogens with two attached hydrogens (primary N) is 1. The topological polar surface area (TPSA) is 68.0 Å². The van der Waals surface area contributed by atoms with Crippen LogP contribution in [0.5, 0.6) is 0 Å². The van der Waals surface area contributed by atoms with E-state index in [-0.39, 0.29) is 24.4 Å². The maximum Gasteiger partial charge on any atom is 0.220 e. The third-order valence-electron chi connectivity index (χ3n) is 2.95. The van der Waals surface area contributed by atoms with E-state index in [9.17, 15) is 4.79 Å². The summed E-state index contributed by atoms with van der Waals surface area (Å²) < 4.78 is 0. The minimum absolute atomic E-state index is 0. The Balaban J connectivity index is 0.00000220. The first kappa shape index (κ1) is 17.6. The number of rotatable bonds is 6. The summed E-state index contributed by atoms with van der Waals surface area (Å²) in [6, 6.07) is 9.96. The summed E-state index contributed by atoms with van der Waals surface area (Å²) in [5.41, 5.74) is 7.44. The van der Waals surface area contributed by atoms with Crippen LogP contribution in [0.25, 0.3) is 11.3 Å². The van der Waals surface area contributed by atoms with Crippen LogP contribution in [0.15, 0.2) is 35.7 Å². The van der Waals surface area contributed by atoms with E-state index >= 15 is 0 Å². The molecule has 0 radical (unpaired) electrons. The molecule has 0 bridgehead atoms. The van der Waals surface area contributed by atoms with Crippen LogP contribution >= 0.6 is 23.7 Å². The molecule has 0 saturated heterocycles. The second-order valence-electron chi connectivity index (χ2n) is 4.62. The van der Waals surface area contributed by atoms with Crippen LogP contribution in [0.4, 0.5) is 0 Å². The third kappa shape index (κ3) is 5.12. The average molecular weight is 326 g/mol. The van der Waals surface area contributed by atoms with Crippen molar-refractivity contribution < 1.29 is 4.79 Å². The molecule has 0 aliphatic carbocycles. The van der Waals surface area contributed by atoms with Gasteiger partial charge in [-0.05, 0) is 19.9 Å². The molecular weight excluding hydrogens is 306 g/mol. The van der Waals surface area contributed by atoms with Crippen molar-refractivity contribution >= 4 is 29.7 Å². The van der Waals surface area contributed by atoms with Crippen LogP contribution in [-0.2, 0) is 4.79 Å². The van der Waals surface area contributed by atoms with Crippen molar-refractivity contribution in [1.82, 2.24) is 10.3 Å². The molecule has 114 valence electrons. The number of nitrogens with one attached hydrogen (secondary N) is 1. The second kappa shape index (κ2) is 8.77. The van der Waals surface area contributed by atoms with Gasteiger partial charge < -0.3 is 11.1 Å². The van der Waals surface area contributed by atoms with Gasteiger partial charge in [0.2, 0.25) is 5.91 Å². The van der Waals surface area contributed by atoms with E-state index in [0.29, 0.717) is 19.4 Å². The second-order valence-corrected chi connectivity index (χ2v) is 5.51. The normalized spacial score (nSPS) is 11.5. The van der Waals surface area contributed by atoms with Gasteiger partial charge in [0.25, 0.3) is 0 Å². The average Bonchev–Trinajstić information content (AvgIpc) is 2.96. The first-order valence-electron chi connectivity index (χ1n) is 6.71. The molecule has 2 aromatic rings. The number of carbonyl (C=O) groups excluding carboxylic acids is 1. The Morgan fingerprint density at radius 2 is 2.10 bits per heavy atom. The summed E-state index contributed by atoms with van der Waals surface area (Å²) >= 11 is 1.57. The molecule has 1 amide bonds. The summed E-state index contributed by atoms with van der Waals surface area (Å²) in [5, 5.41) is 5.89. The van der Waals surface area contributed by atoms with E-state index in [1.54, 1.807) is 11.3 Å². The molecule has 4 nitrogen and oxygen atoms in total. The number of thiazole rings is 1. The first-order valence-corrected chi connectivity index (χ1v) is 7.59. The maximum atomic E-state index is 11.7. The molecule has 1 atom stereocenters. The number of halogens is 1. The molecule has 0 aliphatic rings. The summed E-state index contributed by atoms with van der Waals surface area (Å²) in [7, 11) is 0. The Bertz CT molecular complexity index is 559.